The molecule has 4 rings (SSSR count). The minimum atomic E-state index is -4.09. The fraction of sp³-hybridized carbons (Fsp3) is 0.643. The Kier molecular flexibility index (Phi) is 10.7. The van der Waals surface area contributed by atoms with Gasteiger partial charge in [0, 0.05) is 29.8 Å². The minimum absolute atomic E-state index is 0.00234. The number of hydrogen-bond acceptors (Lipinski definition) is 12. The van der Waals surface area contributed by atoms with Gasteiger partial charge in [-0.15, -0.1) is 0 Å². The second-order valence-corrected chi connectivity index (χ2v) is 17.3. The van der Waals surface area contributed by atoms with Crippen molar-refractivity contribution in [2.45, 2.75) is 109 Å². The third kappa shape index (κ3) is 8.15. The molecule has 0 bridgehead atoms. The lowest BCUT2D eigenvalue weighted by Crippen LogP contribution is -2.35. The molecule has 226 valence electrons. The van der Waals surface area contributed by atoms with Gasteiger partial charge in [-0.3, -0.25) is 28.0 Å². The van der Waals surface area contributed by atoms with Gasteiger partial charge in [-0.2, -0.15) is 0 Å². The van der Waals surface area contributed by atoms with Crippen LogP contribution in [0.5, 0.6) is 0 Å². The van der Waals surface area contributed by atoms with Gasteiger partial charge in [-0.1, -0.05) is 81.3 Å². The number of Topliss-reactive ketones (excluding diaryl/α,β-unsaturated/α-hetero) is 1. The molecule has 0 amide bonds. The molecule has 2 aromatic rings. The topological polar surface area (TPSA) is 139 Å². The zero-order valence-corrected chi connectivity index (χ0v) is 27.5. The molecule has 13 heteroatoms. The van der Waals surface area contributed by atoms with Crippen molar-refractivity contribution in [3.05, 3.63) is 17.0 Å². The molecule has 2 aliphatic rings. The molecule has 0 aromatic carbocycles. The highest BCUT2D eigenvalue weighted by molar-refractivity contribution is 8.14. The predicted molar refractivity (Wildman–Crippen MR) is 166 cm³/mol. The first-order valence-corrected chi connectivity index (χ1v) is 18.1. The van der Waals surface area contributed by atoms with Crippen LogP contribution in [0, 0.1) is 5.41 Å². The quantitative estimate of drug-likeness (QED) is 0.219. The molecule has 41 heavy (non-hydrogen) atoms. The van der Waals surface area contributed by atoms with Crippen molar-refractivity contribution in [1.82, 2.24) is 4.98 Å². The monoisotopic (exact) mass is 642 g/mol. The highest BCUT2D eigenvalue weighted by atomic mass is 32.2. The van der Waals surface area contributed by atoms with E-state index in [1.54, 1.807) is 12.1 Å². The second-order valence-electron chi connectivity index (χ2n) is 11.6. The summed E-state index contributed by atoms with van der Waals surface area (Å²) in [6.07, 6.45) is 5.51. The minimum Gasteiger partial charge on any atom is -0.446 e. The molecule has 2 fully saturated rings. The van der Waals surface area contributed by atoms with Gasteiger partial charge in [0.05, 0.1) is 12.2 Å². The molecule has 2 saturated carbocycles. The van der Waals surface area contributed by atoms with E-state index >= 15 is 0 Å². The molecule has 9 nitrogen and oxygen atoms in total. The molecule has 2 N–H and O–H groups in total. The number of nitrogens with two attached hydrogens (primary N) is 1. The van der Waals surface area contributed by atoms with Crippen molar-refractivity contribution in [3.63, 3.8) is 0 Å². The zero-order chi connectivity index (χ0) is 29.9. The van der Waals surface area contributed by atoms with Crippen molar-refractivity contribution in [3.8, 4) is 11.5 Å². The Morgan fingerprint density at radius 3 is 1.95 bits per heavy atom. The predicted octanol–water partition coefficient (Wildman–Crippen LogP) is 7.25. The van der Waals surface area contributed by atoms with E-state index in [0.717, 1.165) is 49.9 Å². The molecule has 2 heterocycles. The van der Waals surface area contributed by atoms with E-state index < -0.39 is 25.2 Å². The molecule has 4 unspecified atom stereocenters. The number of nitrogens with zero attached hydrogens (tertiary/aromatic N) is 1. The van der Waals surface area contributed by atoms with Crippen LogP contribution in [0.1, 0.15) is 95.7 Å². The maximum atomic E-state index is 14.8. The van der Waals surface area contributed by atoms with Gasteiger partial charge in [-0.05, 0) is 37.8 Å². The first-order chi connectivity index (χ1) is 19.3. The largest absolute Gasteiger partial charge is 0.446 e. The first kappa shape index (κ1) is 32.5. The van der Waals surface area contributed by atoms with Crippen LogP contribution in [0.15, 0.2) is 16.5 Å². The summed E-state index contributed by atoms with van der Waals surface area (Å²) in [6.45, 7) is 8.49. The summed E-state index contributed by atoms with van der Waals surface area (Å²) in [6, 6.07) is 3.15. The third-order valence-corrected chi connectivity index (χ3v) is 12.2. The Hall–Kier alpha value is -1.43. The molecule has 2 aromatic heterocycles. The summed E-state index contributed by atoms with van der Waals surface area (Å²) in [5.74, 6) is 0.109. The summed E-state index contributed by atoms with van der Waals surface area (Å²) >= 11 is 3.50. The molecule has 0 saturated heterocycles. The van der Waals surface area contributed by atoms with Gasteiger partial charge >= 0.3 is 7.60 Å². The number of carbonyl (C=O) groups is 3. The van der Waals surface area contributed by atoms with Crippen LogP contribution in [0.25, 0.3) is 11.5 Å². The number of aromatic nitrogens is 1. The standard InChI is InChI=1S/C28H39N2O7PS3/c1-16(31)39-21-12-8-6-10-18(21)36-38(34,37-19-11-7-9-13-22(19)40-17(2)32)23-15-14-20(35-23)24-25(41-27(29)30-24)26(33)28(3,4)5/h14-15,18-19,21-22H,6-13H2,1-5H3,(H2,29,30). The van der Waals surface area contributed by atoms with Crippen LogP contribution in [0.4, 0.5) is 5.13 Å². The van der Waals surface area contributed by atoms with Gasteiger partial charge in [-0.25, -0.2) is 4.98 Å². The number of ketones is 1. The number of hydrogen-bond donors (Lipinski definition) is 1. The summed E-state index contributed by atoms with van der Waals surface area (Å²) in [4.78, 5) is 41.9. The van der Waals surface area contributed by atoms with E-state index in [9.17, 15) is 18.9 Å². The van der Waals surface area contributed by atoms with E-state index in [2.05, 4.69) is 4.98 Å². The number of anilines is 1. The third-order valence-electron chi connectivity index (χ3n) is 7.09. The van der Waals surface area contributed by atoms with E-state index in [1.807, 2.05) is 20.8 Å². The van der Waals surface area contributed by atoms with E-state index in [0.29, 0.717) is 17.7 Å². The van der Waals surface area contributed by atoms with E-state index in [4.69, 9.17) is 19.2 Å². The van der Waals surface area contributed by atoms with Crippen molar-refractivity contribution in [1.29, 1.82) is 0 Å². The molecular weight excluding hydrogens is 603 g/mol. The number of rotatable bonds is 9. The molecule has 0 radical (unpaired) electrons. The average Bonchev–Trinajstić information content (AvgIpc) is 3.52. The van der Waals surface area contributed by atoms with Gasteiger partial charge < -0.3 is 10.2 Å². The lowest BCUT2D eigenvalue weighted by molar-refractivity contribution is -0.110. The fourth-order valence-corrected chi connectivity index (χ4v) is 10.4. The molecule has 0 spiro atoms. The van der Waals surface area contributed by atoms with Crippen molar-refractivity contribution in [2.75, 3.05) is 5.73 Å². The van der Waals surface area contributed by atoms with Crippen molar-refractivity contribution in [2.24, 2.45) is 5.41 Å². The molecule has 4 atom stereocenters. The summed E-state index contributed by atoms with van der Waals surface area (Å²) in [5.41, 5.74) is 5.62. The summed E-state index contributed by atoms with van der Waals surface area (Å²) in [7, 11) is -4.09. The van der Waals surface area contributed by atoms with Crippen LogP contribution >= 0.6 is 42.5 Å². The van der Waals surface area contributed by atoms with Crippen LogP contribution in [0.2, 0.25) is 0 Å². The Morgan fingerprint density at radius 1 is 0.951 bits per heavy atom. The Morgan fingerprint density at radius 2 is 1.46 bits per heavy atom. The van der Waals surface area contributed by atoms with Crippen LogP contribution < -0.4 is 11.2 Å². The second kappa shape index (κ2) is 13.5. The average molecular weight is 643 g/mol. The van der Waals surface area contributed by atoms with Crippen LogP contribution in [0.3, 0.4) is 0 Å². The number of nitrogen functional groups attached to an aromatic ring is 1. The normalized spacial score (nSPS) is 25.0. The highest BCUT2D eigenvalue weighted by Crippen LogP contribution is 2.55. The molecule has 2 aliphatic carbocycles. The van der Waals surface area contributed by atoms with E-state index in [-0.39, 0.29) is 48.6 Å². The van der Waals surface area contributed by atoms with Gasteiger partial charge in [0.25, 0.3) is 0 Å². The van der Waals surface area contributed by atoms with Crippen molar-refractivity contribution >= 4 is 69.1 Å². The number of carbonyl (C=O) groups excluding carboxylic acids is 3. The fourth-order valence-electron chi connectivity index (χ4n) is 5.15. The number of thiazole rings is 1. The first-order valence-electron chi connectivity index (χ1n) is 14.0. The van der Waals surface area contributed by atoms with Gasteiger partial charge in [0.1, 0.15) is 10.6 Å². The number of furan rings is 1. The lowest BCUT2D eigenvalue weighted by Gasteiger charge is -2.36. The van der Waals surface area contributed by atoms with Gasteiger partial charge in [0.2, 0.25) is 5.50 Å². The Labute approximate surface area is 254 Å². The van der Waals surface area contributed by atoms with Crippen LogP contribution in [-0.4, -0.2) is 43.7 Å². The maximum absolute atomic E-state index is 14.8. The Bertz CT molecular complexity index is 1280. The summed E-state index contributed by atoms with van der Waals surface area (Å²) in [5, 5.41) is -0.141. The van der Waals surface area contributed by atoms with Crippen molar-refractivity contribution < 1.29 is 32.4 Å². The lowest BCUT2D eigenvalue weighted by atomic mass is 9.89. The molecule has 0 aliphatic heterocycles. The van der Waals surface area contributed by atoms with Crippen LogP contribution in [-0.2, 0) is 23.2 Å². The van der Waals surface area contributed by atoms with E-state index in [1.165, 1.54) is 37.4 Å². The SMILES string of the molecule is CC(=O)SC1CCCCC1OP(=O)(OC1CCCCC1SC(C)=O)c1ccc(-c2nc(N)sc2C(=O)C(C)(C)C)o1. The molecular formula is C28H39N2O7PS3. The van der Waals surface area contributed by atoms with Gasteiger partial charge in [0.15, 0.2) is 26.9 Å². The number of thioether (sulfide) groups is 2. The maximum Gasteiger partial charge on any atom is 0.396 e. The smallest absolute Gasteiger partial charge is 0.396 e. The Balaban J connectivity index is 1.72. The summed E-state index contributed by atoms with van der Waals surface area (Å²) < 4.78 is 33.7. The highest BCUT2D eigenvalue weighted by Gasteiger charge is 2.43. The zero-order valence-electron chi connectivity index (χ0n) is 24.2.